The summed E-state index contributed by atoms with van der Waals surface area (Å²) in [6.45, 7) is 1.84. The van der Waals surface area contributed by atoms with Crippen molar-refractivity contribution in [1.29, 1.82) is 5.26 Å². The highest BCUT2D eigenvalue weighted by Gasteiger charge is 2.39. The van der Waals surface area contributed by atoms with Crippen molar-refractivity contribution >= 4 is 10.1 Å². The molecule has 0 radical (unpaired) electrons. The lowest BCUT2D eigenvalue weighted by atomic mass is 9.71. The van der Waals surface area contributed by atoms with Crippen molar-refractivity contribution in [2.24, 2.45) is 5.41 Å². The minimum absolute atomic E-state index is 0.0420. The molecule has 96 valence electrons. The molecule has 0 spiro atoms. The first-order valence-corrected chi connectivity index (χ1v) is 7.26. The van der Waals surface area contributed by atoms with Crippen LogP contribution in [0, 0.1) is 23.7 Å². The Balaban J connectivity index is 2.08. The fraction of sp³-hybridized carbons (Fsp3) is 0.462. The molecule has 1 aliphatic carbocycles. The molecule has 0 amide bonds. The van der Waals surface area contributed by atoms with Crippen LogP contribution in [-0.4, -0.2) is 15.0 Å². The second kappa shape index (κ2) is 4.71. The maximum atomic E-state index is 11.9. The molecule has 0 bridgehead atoms. The maximum absolute atomic E-state index is 11.9. The first kappa shape index (κ1) is 13.1. The van der Waals surface area contributed by atoms with E-state index in [4.69, 9.17) is 9.44 Å². The number of hydrogen-bond acceptors (Lipinski definition) is 4. The summed E-state index contributed by atoms with van der Waals surface area (Å²) in [5, 5.41) is 9.02. The van der Waals surface area contributed by atoms with Crippen molar-refractivity contribution in [2.45, 2.75) is 31.1 Å². The van der Waals surface area contributed by atoms with Crippen LogP contribution in [0.3, 0.4) is 0 Å². The molecule has 1 aromatic rings. The molecule has 0 heterocycles. The molecule has 4 nitrogen and oxygen atoms in total. The normalized spacial score (nSPS) is 17.8. The Bertz CT molecular complexity index is 565. The minimum Gasteiger partial charge on any atom is -0.265 e. The molecule has 0 N–H and O–H groups in total. The van der Waals surface area contributed by atoms with Gasteiger partial charge in [-0.2, -0.15) is 13.7 Å². The fourth-order valence-corrected chi connectivity index (χ4v) is 2.84. The van der Waals surface area contributed by atoms with Crippen LogP contribution >= 0.6 is 0 Å². The molecule has 0 aromatic heterocycles. The van der Waals surface area contributed by atoms with Crippen LogP contribution in [0.25, 0.3) is 0 Å². The van der Waals surface area contributed by atoms with Crippen molar-refractivity contribution in [3.63, 3.8) is 0 Å². The average Bonchev–Trinajstić information content (AvgIpc) is 2.29. The maximum Gasteiger partial charge on any atom is 0.297 e. The third kappa shape index (κ3) is 2.55. The summed E-state index contributed by atoms with van der Waals surface area (Å²) in [5.41, 5.74) is 0.388. The van der Waals surface area contributed by atoms with Crippen molar-refractivity contribution < 1.29 is 12.6 Å². The van der Waals surface area contributed by atoms with E-state index in [1.807, 2.05) is 6.92 Å². The molecule has 1 aliphatic rings. The standard InChI is InChI=1S/C13H15NO3S/c1-11-3-5-12(6-4-11)18(15,16)17-10-13(9-14)7-2-8-13/h3-6H,2,7-8,10H2,1H3. The largest absolute Gasteiger partial charge is 0.297 e. The Morgan fingerprint density at radius 1 is 1.33 bits per heavy atom. The van der Waals surface area contributed by atoms with Gasteiger partial charge in [-0.05, 0) is 31.9 Å². The van der Waals surface area contributed by atoms with Crippen LogP contribution in [0.5, 0.6) is 0 Å². The van der Waals surface area contributed by atoms with E-state index in [0.29, 0.717) is 12.8 Å². The minimum atomic E-state index is -3.75. The lowest BCUT2D eigenvalue weighted by Crippen LogP contribution is -2.33. The van der Waals surface area contributed by atoms with Crippen LogP contribution < -0.4 is 0 Å². The van der Waals surface area contributed by atoms with E-state index in [-0.39, 0.29) is 11.5 Å². The second-order valence-corrected chi connectivity index (χ2v) is 6.39. The van der Waals surface area contributed by atoms with Crippen LogP contribution in [0.15, 0.2) is 29.2 Å². The zero-order valence-corrected chi connectivity index (χ0v) is 11.0. The van der Waals surface area contributed by atoms with Gasteiger partial charge in [0.1, 0.15) is 0 Å². The highest BCUT2D eigenvalue weighted by atomic mass is 32.2. The van der Waals surface area contributed by atoms with Crippen LogP contribution in [0.4, 0.5) is 0 Å². The van der Waals surface area contributed by atoms with Gasteiger partial charge in [0.15, 0.2) is 0 Å². The molecule has 1 aromatic carbocycles. The summed E-state index contributed by atoms with van der Waals surface area (Å²) in [7, 11) is -3.75. The molecule has 0 aliphatic heterocycles. The van der Waals surface area contributed by atoms with Gasteiger partial charge < -0.3 is 0 Å². The Morgan fingerprint density at radius 3 is 2.39 bits per heavy atom. The Hall–Kier alpha value is -1.38. The van der Waals surface area contributed by atoms with Crippen molar-refractivity contribution in [3.05, 3.63) is 29.8 Å². The zero-order valence-electron chi connectivity index (χ0n) is 10.2. The van der Waals surface area contributed by atoms with E-state index in [2.05, 4.69) is 6.07 Å². The molecule has 1 saturated carbocycles. The highest BCUT2D eigenvalue weighted by Crippen LogP contribution is 2.40. The molecule has 0 saturated heterocycles. The number of hydrogen-bond donors (Lipinski definition) is 0. The van der Waals surface area contributed by atoms with Crippen LogP contribution in [-0.2, 0) is 14.3 Å². The summed E-state index contributed by atoms with van der Waals surface area (Å²) in [4.78, 5) is 0.139. The third-order valence-corrected chi connectivity index (χ3v) is 4.63. The van der Waals surface area contributed by atoms with Gasteiger partial charge >= 0.3 is 0 Å². The van der Waals surface area contributed by atoms with E-state index in [1.54, 1.807) is 12.1 Å². The average molecular weight is 265 g/mol. The Morgan fingerprint density at radius 2 is 1.94 bits per heavy atom. The van der Waals surface area contributed by atoms with Crippen molar-refractivity contribution in [2.75, 3.05) is 6.61 Å². The molecular weight excluding hydrogens is 250 g/mol. The second-order valence-electron chi connectivity index (χ2n) is 4.78. The smallest absolute Gasteiger partial charge is 0.265 e. The molecule has 18 heavy (non-hydrogen) atoms. The van der Waals surface area contributed by atoms with Crippen LogP contribution in [0.2, 0.25) is 0 Å². The highest BCUT2D eigenvalue weighted by molar-refractivity contribution is 7.86. The first-order valence-electron chi connectivity index (χ1n) is 5.85. The van der Waals surface area contributed by atoms with Gasteiger partial charge in [-0.25, -0.2) is 0 Å². The lowest BCUT2D eigenvalue weighted by Gasteiger charge is -2.34. The van der Waals surface area contributed by atoms with Gasteiger partial charge in [-0.3, -0.25) is 4.18 Å². The predicted octanol–water partition coefficient (Wildman–Crippen LogP) is 2.39. The van der Waals surface area contributed by atoms with E-state index >= 15 is 0 Å². The van der Waals surface area contributed by atoms with Gasteiger partial charge in [-0.1, -0.05) is 24.1 Å². The van der Waals surface area contributed by atoms with Gasteiger partial charge in [0.2, 0.25) is 0 Å². The van der Waals surface area contributed by atoms with Gasteiger partial charge in [0.05, 0.1) is 23.0 Å². The number of benzene rings is 1. The SMILES string of the molecule is Cc1ccc(S(=O)(=O)OCC2(C#N)CCC2)cc1. The number of nitrogens with zero attached hydrogens (tertiary/aromatic N) is 1. The first-order chi connectivity index (χ1) is 8.47. The molecule has 0 atom stereocenters. The van der Waals surface area contributed by atoms with E-state index in [1.165, 1.54) is 12.1 Å². The Kier molecular flexibility index (Phi) is 3.42. The van der Waals surface area contributed by atoms with Crippen molar-refractivity contribution in [3.8, 4) is 6.07 Å². The summed E-state index contributed by atoms with van der Waals surface area (Å²) in [5.74, 6) is 0. The fourth-order valence-electron chi connectivity index (χ4n) is 1.86. The zero-order chi connectivity index (χ0) is 13.2. The predicted molar refractivity (Wildman–Crippen MR) is 66.2 cm³/mol. The quantitative estimate of drug-likeness (QED) is 0.784. The monoisotopic (exact) mass is 265 g/mol. The lowest BCUT2D eigenvalue weighted by molar-refractivity contribution is 0.119. The van der Waals surface area contributed by atoms with E-state index in [9.17, 15) is 8.42 Å². The van der Waals surface area contributed by atoms with E-state index in [0.717, 1.165) is 12.0 Å². The summed E-state index contributed by atoms with van der Waals surface area (Å²) >= 11 is 0. The van der Waals surface area contributed by atoms with Crippen LogP contribution in [0.1, 0.15) is 24.8 Å². The van der Waals surface area contributed by atoms with E-state index < -0.39 is 15.5 Å². The summed E-state index contributed by atoms with van der Waals surface area (Å²) in [6.07, 6.45) is 2.39. The Labute approximate surface area is 107 Å². The molecule has 0 unspecified atom stereocenters. The number of aryl methyl sites for hydroxylation is 1. The molecule has 1 fully saturated rings. The number of nitriles is 1. The summed E-state index contributed by atoms with van der Waals surface area (Å²) in [6, 6.07) is 8.64. The topological polar surface area (TPSA) is 67.2 Å². The number of rotatable bonds is 4. The van der Waals surface area contributed by atoms with Gasteiger partial charge in [-0.15, -0.1) is 0 Å². The third-order valence-electron chi connectivity index (χ3n) is 3.35. The molecular formula is C13H15NO3S. The van der Waals surface area contributed by atoms with Gasteiger partial charge in [0, 0.05) is 0 Å². The summed E-state index contributed by atoms with van der Waals surface area (Å²) < 4.78 is 28.8. The molecule has 2 rings (SSSR count). The molecule has 5 heteroatoms. The van der Waals surface area contributed by atoms with Gasteiger partial charge in [0.25, 0.3) is 10.1 Å². The van der Waals surface area contributed by atoms with Crippen molar-refractivity contribution in [1.82, 2.24) is 0 Å².